The van der Waals surface area contributed by atoms with E-state index in [-0.39, 0.29) is 6.03 Å². The Bertz CT molecular complexity index is 419. The number of rotatable bonds is 1. The van der Waals surface area contributed by atoms with E-state index in [2.05, 4.69) is 5.32 Å². The van der Waals surface area contributed by atoms with Crippen molar-refractivity contribution in [2.45, 2.75) is 19.3 Å². The summed E-state index contributed by atoms with van der Waals surface area (Å²) < 4.78 is 13.0. The lowest BCUT2D eigenvalue weighted by atomic mass is 10.1. The minimum Gasteiger partial charge on any atom is -0.325 e. The van der Waals surface area contributed by atoms with Gasteiger partial charge < -0.3 is 10.2 Å². The summed E-state index contributed by atoms with van der Waals surface area (Å²) in [5.41, 5.74) is 0.322. The maximum absolute atomic E-state index is 13.0. The minimum absolute atomic E-state index is 0.211. The van der Waals surface area contributed by atoms with Crippen LogP contribution in [0.5, 0.6) is 0 Å². The zero-order valence-corrected chi connectivity index (χ0v) is 10.1. The molecule has 0 spiro atoms. The molecule has 1 heterocycles. The lowest BCUT2D eigenvalue weighted by molar-refractivity contribution is 0.200. The Morgan fingerprint density at radius 2 is 2.00 bits per heavy atom. The second-order valence-corrected chi connectivity index (χ2v) is 4.51. The number of hydrogen-bond donors (Lipinski definition) is 1. The zero-order valence-electron chi connectivity index (χ0n) is 9.38. The van der Waals surface area contributed by atoms with Crippen LogP contribution in [0.3, 0.4) is 0 Å². The number of benzene rings is 1. The van der Waals surface area contributed by atoms with Crippen LogP contribution < -0.4 is 5.32 Å². The second kappa shape index (κ2) is 5.36. The van der Waals surface area contributed by atoms with Crippen LogP contribution in [-0.4, -0.2) is 24.0 Å². The molecule has 2 amide bonds. The Morgan fingerprint density at radius 3 is 2.71 bits per heavy atom. The molecule has 1 saturated heterocycles. The zero-order chi connectivity index (χ0) is 12.3. The number of urea groups is 1. The van der Waals surface area contributed by atoms with Gasteiger partial charge in [-0.25, -0.2) is 9.18 Å². The maximum Gasteiger partial charge on any atom is 0.321 e. The molecule has 1 aromatic rings. The van der Waals surface area contributed by atoms with Gasteiger partial charge in [-0.3, -0.25) is 0 Å². The normalized spacial score (nSPS) is 15.8. The van der Waals surface area contributed by atoms with Crippen molar-refractivity contribution < 1.29 is 9.18 Å². The molecular weight excluding hydrogens is 243 g/mol. The van der Waals surface area contributed by atoms with Gasteiger partial charge in [0, 0.05) is 13.1 Å². The van der Waals surface area contributed by atoms with Crippen LogP contribution in [0.25, 0.3) is 0 Å². The monoisotopic (exact) mass is 256 g/mol. The summed E-state index contributed by atoms with van der Waals surface area (Å²) in [6.07, 6.45) is 3.19. The first-order valence-corrected chi connectivity index (χ1v) is 6.05. The molecule has 1 fully saturated rings. The lowest BCUT2D eigenvalue weighted by Gasteiger charge is -2.26. The van der Waals surface area contributed by atoms with Gasteiger partial charge >= 0.3 is 6.03 Å². The molecule has 1 N–H and O–H groups in total. The fraction of sp³-hybridized carbons (Fsp3) is 0.417. The Kier molecular flexibility index (Phi) is 3.84. The Morgan fingerprint density at radius 1 is 1.29 bits per heavy atom. The first-order chi connectivity index (χ1) is 8.16. The molecule has 0 aliphatic carbocycles. The molecule has 17 heavy (non-hydrogen) atoms. The summed E-state index contributed by atoms with van der Waals surface area (Å²) in [7, 11) is 0. The number of carbonyl (C=O) groups excluding carboxylic acids is 1. The Hall–Kier alpha value is -1.29. The highest BCUT2D eigenvalue weighted by Gasteiger charge is 2.17. The largest absolute Gasteiger partial charge is 0.325 e. The maximum atomic E-state index is 13.0. The number of nitrogens with zero attached hydrogens (tertiary/aromatic N) is 1. The third kappa shape index (κ3) is 3.09. The molecule has 0 atom stereocenters. The van der Waals surface area contributed by atoms with Crippen molar-refractivity contribution in [3.05, 3.63) is 29.0 Å². The van der Waals surface area contributed by atoms with Crippen LogP contribution in [0.2, 0.25) is 5.02 Å². The van der Waals surface area contributed by atoms with Crippen LogP contribution in [0.4, 0.5) is 14.9 Å². The number of anilines is 1. The Balaban J connectivity index is 2.04. The van der Waals surface area contributed by atoms with Crippen molar-refractivity contribution in [3.63, 3.8) is 0 Å². The number of likely N-dealkylation sites (tertiary alicyclic amines) is 1. The van der Waals surface area contributed by atoms with Crippen molar-refractivity contribution in [2.24, 2.45) is 0 Å². The fourth-order valence-electron chi connectivity index (χ4n) is 1.88. The quantitative estimate of drug-likeness (QED) is 0.820. The van der Waals surface area contributed by atoms with Gasteiger partial charge in [0.25, 0.3) is 0 Å². The van der Waals surface area contributed by atoms with Crippen molar-refractivity contribution in [1.82, 2.24) is 4.90 Å². The molecule has 0 bridgehead atoms. The van der Waals surface area contributed by atoms with E-state index in [1.807, 2.05) is 0 Å². The second-order valence-electron chi connectivity index (χ2n) is 4.10. The van der Waals surface area contributed by atoms with Crippen molar-refractivity contribution in [2.75, 3.05) is 18.4 Å². The molecule has 1 aliphatic rings. The first kappa shape index (κ1) is 12.2. The van der Waals surface area contributed by atoms with E-state index in [9.17, 15) is 9.18 Å². The first-order valence-electron chi connectivity index (χ1n) is 5.68. The van der Waals surface area contributed by atoms with Crippen molar-refractivity contribution in [1.29, 1.82) is 0 Å². The molecule has 2 rings (SSSR count). The molecule has 0 radical (unpaired) electrons. The van der Waals surface area contributed by atoms with Crippen LogP contribution in [-0.2, 0) is 0 Å². The topological polar surface area (TPSA) is 32.3 Å². The molecule has 1 aliphatic heterocycles. The van der Waals surface area contributed by atoms with E-state index in [4.69, 9.17) is 11.6 Å². The van der Waals surface area contributed by atoms with Gasteiger partial charge in [-0.2, -0.15) is 0 Å². The highest BCUT2D eigenvalue weighted by Crippen LogP contribution is 2.23. The van der Waals surface area contributed by atoms with Gasteiger partial charge in [0.2, 0.25) is 0 Å². The van der Waals surface area contributed by atoms with E-state index < -0.39 is 5.82 Å². The van der Waals surface area contributed by atoms with Crippen LogP contribution >= 0.6 is 11.6 Å². The minimum atomic E-state index is -0.414. The molecule has 5 heteroatoms. The predicted octanol–water partition coefficient (Wildman–Crippen LogP) is 3.50. The number of halogens is 2. The molecule has 0 saturated carbocycles. The van der Waals surface area contributed by atoms with Gasteiger partial charge in [0.1, 0.15) is 5.82 Å². The van der Waals surface area contributed by atoms with E-state index in [1.165, 1.54) is 18.2 Å². The van der Waals surface area contributed by atoms with Crippen molar-refractivity contribution >= 4 is 23.3 Å². The van der Waals surface area contributed by atoms with E-state index in [1.54, 1.807) is 4.90 Å². The summed E-state index contributed by atoms with van der Waals surface area (Å²) in [6.45, 7) is 1.50. The summed E-state index contributed by atoms with van der Waals surface area (Å²) >= 11 is 5.88. The summed E-state index contributed by atoms with van der Waals surface area (Å²) in [5.74, 6) is -0.414. The van der Waals surface area contributed by atoms with Gasteiger partial charge in [0.05, 0.1) is 10.7 Å². The molecule has 0 unspecified atom stereocenters. The standard InChI is InChI=1S/C12H14ClFN2O/c13-10-5-4-9(14)8-11(10)15-12(17)16-6-2-1-3-7-16/h4-5,8H,1-3,6-7H2,(H,15,17). The fourth-order valence-corrected chi connectivity index (χ4v) is 2.05. The van der Waals surface area contributed by atoms with E-state index in [0.717, 1.165) is 32.4 Å². The van der Waals surface area contributed by atoms with Gasteiger partial charge in [-0.1, -0.05) is 11.6 Å². The summed E-state index contributed by atoms with van der Waals surface area (Å²) in [6, 6.07) is 3.71. The van der Waals surface area contributed by atoms with Gasteiger partial charge in [-0.15, -0.1) is 0 Å². The highest BCUT2D eigenvalue weighted by molar-refractivity contribution is 6.33. The third-order valence-corrected chi connectivity index (χ3v) is 3.14. The third-order valence-electron chi connectivity index (χ3n) is 2.81. The average molecular weight is 257 g/mol. The molecule has 3 nitrogen and oxygen atoms in total. The Labute approximate surface area is 105 Å². The average Bonchev–Trinajstić information content (AvgIpc) is 2.35. The van der Waals surface area contributed by atoms with Crippen LogP contribution in [0.15, 0.2) is 18.2 Å². The van der Waals surface area contributed by atoms with Crippen LogP contribution in [0.1, 0.15) is 19.3 Å². The number of carbonyl (C=O) groups is 1. The van der Waals surface area contributed by atoms with E-state index in [0.29, 0.717) is 10.7 Å². The number of piperidine rings is 1. The summed E-state index contributed by atoms with van der Waals surface area (Å²) in [5, 5.41) is 2.98. The number of hydrogen-bond acceptors (Lipinski definition) is 1. The van der Waals surface area contributed by atoms with E-state index >= 15 is 0 Å². The smallest absolute Gasteiger partial charge is 0.321 e. The van der Waals surface area contributed by atoms with Crippen LogP contribution in [0, 0.1) is 5.82 Å². The number of amides is 2. The molecule has 0 aromatic heterocycles. The predicted molar refractivity (Wildman–Crippen MR) is 65.9 cm³/mol. The lowest BCUT2D eigenvalue weighted by Crippen LogP contribution is -2.38. The molecular formula is C12H14ClFN2O. The molecule has 1 aromatic carbocycles. The highest BCUT2D eigenvalue weighted by atomic mass is 35.5. The van der Waals surface area contributed by atoms with Gasteiger partial charge in [0.15, 0.2) is 0 Å². The van der Waals surface area contributed by atoms with Crippen molar-refractivity contribution in [3.8, 4) is 0 Å². The summed E-state index contributed by atoms with van der Waals surface area (Å²) in [4.78, 5) is 13.6. The SMILES string of the molecule is O=C(Nc1cc(F)ccc1Cl)N1CCCCC1. The van der Waals surface area contributed by atoms with Gasteiger partial charge in [-0.05, 0) is 37.5 Å². The number of nitrogens with one attached hydrogen (secondary N) is 1. The molecule has 92 valence electrons.